The minimum atomic E-state index is -0.676. The molecule has 1 aliphatic rings. The maximum absolute atomic E-state index is 12.1. The summed E-state index contributed by atoms with van der Waals surface area (Å²) in [4.78, 5) is 34.7. The van der Waals surface area contributed by atoms with Crippen molar-refractivity contribution in [2.24, 2.45) is 0 Å². The predicted octanol–water partition coefficient (Wildman–Crippen LogP) is 2.66. The summed E-state index contributed by atoms with van der Waals surface area (Å²) < 4.78 is 0. The van der Waals surface area contributed by atoms with Crippen molar-refractivity contribution in [1.82, 2.24) is 4.90 Å². The minimum absolute atomic E-state index is 0.0861. The summed E-state index contributed by atoms with van der Waals surface area (Å²) >= 11 is 11.6. The zero-order valence-corrected chi connectivity index (χ0v) is 11.1. The number of nitrogens with zero attached hydrogens (tertiary/aromatic N) is 2. The van der Waals surface area contributed by atoms with Crippen LogP contribution in [0.1, 0.15) is 23.2 Å². The molecule has 100 valence electrons. The van der Waals surface area contributed by atoms with Gasteiger partial charge < -0.3 is 0 Å². The van der Waals surface area contributed by atoms with E-state index in [-0.39, 0.29) is 40.2 Å². The van der Waals surface area contributed by atoms with Crippen molar-refractivity contribution < 1.29 is 14.5 Å². The molecule has 1 aliphatic heterocycles. The molecule has 0 atom stereocenters. The number of rotatable bonds is 2. The van der Waals surface area contributed by atoms with Gasteiger partial charge in [-0.05, 0) is 6.42 Å². The molecule has 0 saturated carbocycles. The molecule has 1 saturated heterocycles. The van der Waals surface area contributed by atoms with E-state index in [0.29, 0.717) is 6.42 Å². The first-order chi connectivity index (χ1) is 8.91. The number of amides is 2. The third-order valence-electron chi connectivity index (χ3n) is 2.77. The van der Waals surface area contributed by atoms with Gasteiger partial charge in [0.15, 0.2) is 0 Å². The molecule has 1 heterocycles. The molecule has 0 N–H and O–H groups in total. The number of likely N-dealkylation sites (tertiary alicyclic amines) is 1. The second kappa shape index (κ2) is 5.14. The van der Waals surface area contributed by atoms with Gasteiger partial charge in [0.25, 0.3) is 11.6 Å². The van der Waals surface area contributed by atoms with Crippen LogP contribution < -0.4 is 0 Å². The van der Waals surface area contributed by atoms with Crippen molar-refractivity contribution in [2.75, 3.05) is 6.54 Å². The highest BCUT2D eigenvalue weighted by Crippen LogP contribution is 2.32. The fourth-order valence-electron chi connectivity index (χ4n) is 1.84. The number of halogens is 2. The number of carbonyl (C=O) groups is 2. The molecule has 0 aliphatic carbocycles. The van der Waals surface area contributed by atoms with E-state index in [1.807, 2.05) is 0 Å². The van der Waals surface area contributed by atoms with Gasteiger partial charge in [0.05, 0.1) is 20.5 Å². The van der Waals surface area contributed by atoms with E-state index < -0.39 is 10.8 Å². The Morgan fingerprint density at radius 2 is 2.05 bits per heavy atom. The van der Waals surface area contributed by atoms with Crippen LogP contribution in [0.15, 0.2) is 12.1 Å². The number of carbonyl (C=O) groups excluding carboxylic acids is 2. The summed E-state index contributed by atoms with van der Waals surface area (Å²) in [6.45, 7) is 0.286. The molecular formula is C11H8Cl2N2O4. The van der Waals surface area contributed by atoms with Gasteiger partial charge in [-0.15, -0.1) is 0 Å². The van der Waals surface area contributed by atoms with Crippen molar-refractivity contribution in [1.29, 1.82) is 0 Å². The van der Waals surface area contributed by atoms with Crippen molar-refractivity contribution >= 4 is 40.7 Å². The van der Waals surface area contributed by atoms with Crippen LogP contribution in [0.3, 0.4) is 0 Å². The van der Waals surface area contributed by atoms with Gasteiger partial charge in [0.2, 0.25) is 5.91 Å². The molecule has 2 amide bonds. The van der Waals surface area contributed by atoms with Crippen LogP contribution in [0, 0.1) is 10.1 Å². The van der Waals surface area contributed by atoms with Gasteiger partial charge in [-0.2, -0.15) is 0 Å². The third kappa shape index (κ3) is 2.54. The lowest BCUT2D eigenvalue weighted by Crippen LogP contribution is -2.32. The number of hydrogen-bond donors (Lipinski definition) is 0. The second-order valence-electron chi connectivity index (χ2n) is 4.00. The normalized spacial score (nSPS) is 14.8. The van der Waals surface area contributed by atoms with Crippen molar-refractivity contribution in [3.8, 4) is 0 Å². The molecular weight excluding hydrogens is 295 g/mol. The smallest absolute Gasteiger partial charge is 0.271 e. The maximum atomic E-state index is 12.1. The highest BCUT2D eigenvalue weighted by atomic mass is 35.5. The Bertz CT molecular complexity index is 588. The SMILES string of the molecule is O=C1CCCN1C(=O)c1cc([N+](=O)[O-])cc(Cl)c1Cl. The molecule has 0 bridgehead atoms. The molecule has 0 unspecified atom stereocenters. The molecule has 0 radical (unpaired) electrons. The largest absolute Gasteiger partial charge is 0.278 e. The van der Waals surface area contributed by atoms with E-state index in [2.05, 4.69) is 0 Å². The zero-order valence-electron chi connectivity index (χ0n) is 9.56. The van der Waals surface area contributed by atoms with E-state index in [0.717, 1.165) is 17.0 Å². The Balaban J connectivity index is 2.46. The van der Waals surface area contributed by atoms with Gasteiger partial charge in [-0.25, -0.2) is 0 Å². The average molecular weight is 303 g/mol. The first kappa shape index (κ1) is 13.8. The molecule has 6 nitrogen and oxygen atoms in total. The monoisotopic (exact) mass is 302 g/mol. The van der Waals surface area contributed by atoms with Crippen LogP contribution in [0.2, 0.25) is 10.0 Å². The van der Waals surface area contributed by atoms with Crippen molar-refractivity contribution in [3.63, 3.8) is 0 Å². The molecule has 0 spiro atoms. The Morgan fingerprint density at radius 3 is 2.58 bits per heavy atom. The van der Waals surface area contributed by atoms with Gasteiger partial charge in [0.1, 0.15) is 0 Å². The number of benzene rings is 1. The summed E-state index contributed by atoms with van der Waals surface area (Å²) in [6, 6.07) is 2.09. The van der Waals surface area contributed by atoms with Crippen LogP contribution in [-0.2, 0) is 4.79 Å². The number of hydrogen-bond acceptors (Lipinski definition) is 4. The Labute approximate surface area is 118 Å². The first-order valence-electron chi connectivity index (χ1n) is 5.40. The quantitative estimate of drug-likeness (QED) is 0.478. The average Bonchev–Trinajstić information content (AvgIpc) is 2.77. The summed E-state index contributed by atoms with van der Waals surface area (Å²) in [7, 11) is 0. The fourth-order valence-corrected chi connectivity index (χ4v) is 2.25. The second-order valence-corrected chi connectivity index (χ2v) is 4.79. The molecule has 19 heavy (non-hydrogen) atoms. The van der Waals surface area contributed by atoms with Crippen LogP contribution in [0.25, 0.3) is 0 Å². The maximum Gasteiger partial charge on any atom is 0.271 e. The number of non-ortho nitro benzene ring substituents is 1. The summed E-state index contributed by atoms with van der Waals surface area (Å²) in [5.41, 5.74) is -0.472. The lowest BCUT2D eigenvalue weighted by atomic mass is 10.1. The van der Waals surface area contributed by atoms with Crippen LogP contribution >= 0.6 is 23.2 Å². The Hall–Kier alpha value is -1.66. The molecule has 8 heteroatoms. The summed E-state index contributed by atoms with van der Waals surface area (Å²) in [5, 5.41) is 10.6. The number of nitro benzene ring substituents is 1. The van der Waals surface area contributed by atoms with Crippen LogP contribution in [-0.4, -0.2) is 28.2 Å². The first-order valence-corrected chi connectivity index (χ1v) is 6.15. The molecule has 1 aromatic carbocycles. The molecule has 1 fully saturated rings. The Kier molecular flexibility index (Phi) is 3.73. The van der Waals surface area contributed by atoms with E-state index in [4.69, 9.17) is 23.2 Å². The topological polar surface area (TPSA) is 80.5 Å². The van der Waals surface area contributed by atoms with Gasteiger partial charge in [-0.1, -0.05) is 23.2 Å². The third-order valence-corrected chi connectivity index (χ3v) is 3.57. The summed E-state index contributed by atoms with van der Waals surface area (Å²) in [6.07, 6.45) is 0.858. The molecule has 2 rings (SSSR count). The highest BCUT2D eigenvalue weighted by Gasteiger charge is 2.30. The van der Waals surface area contributed by atoms with Gasteiger partial charge in [0, 0.05) is 25.1 Å². The molecule has 0 aromatic heterocycles. The molecule has 1 aromatic rings. The lowest BCUT2D eigenvalue weighted by Gasteiger charge is -2.14. The summed E-state index contributed by atoms with van der Waals surface area (Å²) in [5.74, 6) is -0.971. The Morgan fingerprint density at radius 1 is 1.37 bits per heavy atom. The minimum Gasteiger partial charge on any atom is -0.278 e. The lowest BCUT2D eigenvalue weighted by molar-refractivity contribution is -0.384. The van der Waals surface area contributed by atoms with E-state index >= 15 is 0 Å². The van der Waals surface area contributed by atoms with Crippen molar-refractivity contribution in [2.45, 2.75) is 12.8 Å². The van der Waals surface area contributed by atoms with Crippen molar-refractivity contribution in [3.05, 3.63) is 37.9 Å². The predicted molar refractivity (Wildman–Crippen MR) is 68.4 cm³/mol. The van der Waals surface area contributed by atoms with Crippen LogP contribution in [0.4, 0.5) is 5.69 Å². The zero-order chi connectivity index (χ0) is 14.2. The highest BCUT2D eigenvalue weighted by molar-refractivity contribution is 6.44. The standard InChI is InChI=1S/C11H8Cl2N2O4/c12-8-5-6(15(18)19)4-7(10(8)13)11(17)14-3-1-2-9(14)16/h4-5H,1-3H2. The fraction of sp³-hybridized carbons (Fsp3) is 0.273. The van der Waals surface area contributed by atoms with E-state index in [9.17, 15) is 19.7 Å². The van der Waals surface area contributed by atoms with Crippen LogP contribution in [0.5, 0.6) is 0 Å². The van der Waals surface area contributed by atoms with Gasteiger partial charge in [-0.3, -0.25) is 24.6 Å². The van der Waals surface area contributed by atoms with E-state index in [1.54, 1.807) is 0 Å². The number of nitro groups is 1. The van der Waals surface area contributed by atoms with Gasteiger partial charge >= 0.3 is 0 Å². The van der Waals surface area contributed by atoms with E-state index in [1.165, 1.54) is 0 Å². The number of imide groups is 1.